The molecule has 0 radical (unpaired) electrons. The SMILES string of the molecule is COCCOc1cc2nccc(Oc3cc(F)c(N)cc3F)c2nc1OC. The van der Waals surface area contributed by atoms with Gasteiger partial charge in [-0.1, -0.05) is 0 Å². The standard InChI is InChI=1S/C18H17F2N3O4/c1-24-5-6-26-16-9-13-17(23-18(16)25-2)14(3-4-22-13)27-15-8-10(19)12(21)7-11(15)20/h3-4,7-9H,5-6,21H2,1-2H3. The van der Waals surface area contributed by atoms with Crippen LogP contribution in [-0.4, -0.2) is 37.4 Å². The van der Waals surface area contributed by atoms with Gasteiger partial charge in [0, 0.05) is 37.6 Å². The number of ether oxygens (including phenoxy) is 4. The van der Waals surface area contributed by atoms with E-state index >= 15 is 0 Å². The van der Waals surface area contributed by atoms with E-state index in [2.05, 4.69) is 9.97 Å². The van der Waals surface area contributed by atoms with E-state index in [1.165, 1.54) is 19.4 Å². The topological polar surface area (TPSA) is 88.7 Å². The fraction of sp³-hybridized carbons (Fsp3) is 0.222. The van der Waals surface area contributed by atoms with Gasteiger partial charge in [0.05, 0.1) is 24.9 Å². The van der Waals surface area contributed by atoms with Gasteiger partial charge in [0.2, 0.25) is 0 Å². The Bertz CT molecular complexity index is 969. The third kappa shape index (κ3) is 3.98. The number of halogens is 2. The zero-order chi connectivity index (χ0) is 19.4. The highest BCUT2D eigenvalue weighted by atomic mass is 19.1. The quantitative estimate of drug-likeness (QED) is 0.499. The number of methoxy groups -OCH3 is 2. The number of benzene rings is 1. The van der Waals surface area contributed by atoms with Gasteiger partial charge in [-0.25, -0.2) is 13.8 Å². The molecule has 0 unspecified atom stereocenters. The first-order valence-electron chi connectivity index (χ1n) is 7.91. The minimum Gasteiger partial charge on any atom is -0.485 e. The molecule has 2 heterocycles. The van der Waals surface area contributed by atoms with Crippen molar-refractivity contribution in [3.63, 3.8) is 0 Å². The van der Waals surface area contributed by atoms with Gasteiger partial charge in [-0.05, 0) is 0 Å². The van der Waals surface area contributed by atoms with Crippen LogP contribution in [0.15, 0.2) is 30.5 Å². The Morgan fingerprint density at radius 3 is 2.56 bits per heavy atom. The van der Waals surface area contributed by atoms with Crippen molar-refractivity contribution in [1.82, 2.24) is 9.97 Å². The Labute approximate surface area is 153 Å². The molecule has 0 spiro atoms. The molecule has 0 saturated carbocycles. The molecule has 0 atom stereocenters. The maximum Gasteiger partial charge on any atom is 0.257 e. The predicted octanol–water partition coefficient (Wildman–Crippen LogP) is 3.32. The minimum absolute atomic E-state index is 0.171. The molecular weight excluding hydrogens is 360 g/mol. The van der Waals surface area contributed by atoms with Crippen LogP contribution in [0.5, 0.6) is 23.1 Å². The molecule has 2 aromatic heterocycles. The average molecular weight is 377 g/mol. The number of hydrogen-bond acceptors (Lipinski definition) is 7. The van der Waals surface area contributed by atoms with Crippen LogP contribution in [-0.2, 0) is 4.74 Å². The first kappa shape index (κ1) is 18.6. The van der Waals surface area contributed by atoms with E-state index in [0.29, 0.717) is 30.0 Å². The molecular formula is C18H17F2N3O4. The van der Waals surface area contributed by atoms with Crippen molar-refractivity contribution in [2.45, 2.75) is 0 Å². The van der Waals surface area contributed by atoms with E-state index in [4.69, 9.17) is 24.7 Å². The van der Waals surface area contributed by atoms with E-state index in [1.807, 2.05) is 0 Å². The molecule has 0 saturated heterocycles. The number of rotatable bonds is 7. The summed E-state index contributed by atoms with van der Waals surface area (Å²) in [6, 6.07) is 4.82. The van der Waals surface area contributed by atoms with Crippen molar-refractivity contribution in [2.75, 3.05) is 33.2 Å². The number of anilines is 1. The zero-order valence-electron chi connectivity index (χ0n) is 14.7. The van der Waals surface area contributed by atoms with Gasteiger partial charge in [0.15, 0.2) is 23.1 Å². The highest BCUT2D eigenvalue weighted by Crippen LogP contribution is 2.35. The van der Waals surface area contributed by atoms with Gasteiger partial charge in [0.1, 0.15) is 17.9 Å². The predicted molar refractivity (Wildman–Crippen MR) is 94.3 cm³/mol. The van der Waals surface area contributed by atoms with E-state index in [9.17, 15) is 8.78 Å². The molecule has 0 amide bonds. The second-order valence-electron chi connectivity index (χ2n) is 5.42. The number of nitrogen functional groups attached to an aromatic ring is 1. The summed E-state index contributed by atoms with van der Waals surface area (Å²) in [6.07, 6.45) is 1.45. The number of nitrogens with zero attached hydrogens (tertiary/aromatic N) is 2. The maximum absolute atomic E-state index is 14.0. The third-order valence-corrected chi connectivity index (χ3v) is 3.62. The van der Waals surface area contributed by atoms with Crippen LogP contribution in [0.25, 0.3) is 11.0 Å². The normalized spacial score (nSPS) is 10.8. The van der Waals surface area contributed by atoms with Crippen LogP contribution in [0.1, 0.15) is 0 Å². The van der Waals surface area contributed by atoms with E-state index in [-0.39, 0.29) is 23.1 Å². The summed E-state index contributed by atoms with van der Waals surface area (Å²) in [5, 5.41) is 0. The van der Waals surface area contributed by atoms with Crippen molar-refractivity contribution in [1.29, 1.82) is 0 Å². The largest absolute Gasteiger partial charge is 0.485 e. The van der Waals surface area contributed by atoms with Crippen LogP contribution < -0.4 is 19.9 Å². The number of nitrogens with two attached hydrogens (primary N) is 1. The molecule has 7 nitrogen and oxygen atoms in total. The minimum atomic E-state index is -0.801. The number of hydrogen-bond donors (Lipinski definition) is 1. The highest BCUT2D eigenvalue weighted by Gasteiger charge is 2.16. The summed E-state index contributed by atoms with van der Waals surface area (Å²) in [4.78, 5) is 8.53. The summed E-state index contributed by atoms with van der Waals surface area (Å²) >= 11 is 0. The molecule has 1 aromatic carbocycles. The number of aromatic nitrogens is 2. The molecule has 3 rings (SSSR count). The van der Waals surface area contributed by atoms with Crippen molar-refractivity contribution in [3.8, 4) is 23.1 Å². The van der Waals surface area contributed by atoms with E-state index in [1.54, 1.807) is 13.2 Å². The highest BCUT2D eigenvalue weighted by molar-refractivity contribution is 5.83. The lowest BCUT2D eigenvalue weighted by atomic mass is 10.2. The lowest BCUT2D eigenvalue weighted by molar-refractivity contribution is 0.144. The van der Waals surface area contributed by atoms with Gasteiger partial charge >= 0.3 is 0 Å². The van der Waals surface area contributed by atoms with E-state index < -0.39 is 11.6 Å². The number of fused-ring (bicyclic) bond motifs is 1. The Morgan fingerprint density at radius 1 is 1.00 bits per heavy atom. The molecule has 9 heteroatoms. The Hall–Kier alpha value is -3.20. The first-order chi connectivity index (χ1) is 13.0. The monoisotopic (exact) mass is 377 g/mol. The Morgan fingerprint density at radius 2 is 1.81 bits per heavy atom. The second-order valence-corrected chi connectivity index (χ2v) is 5.42. The molecule has 0 aliphatic rings. The van der Waals surface area contributed by atoms with Crippen molar-refractivity contribution < 1.29 is 27.7 Å². The average Bonchev–Trinajstić information content (AvgIpc) is 2.66. The van der Waals surface area contributed by atoms with Crippen LogP contribution >= 0.6 is 0 Å². The van der Waals surface area contributed by atoms with Crippen LogP contribution in [0.4, 0.5) is 14.5 Å². The molecule has 142 valence electrons. The fourth-order valence-corrected chi connectivity index (χ4v) is 2.32. The lowest BCUT2D eigenvalue weighted by Gasteiger charge is -2.13. The summed E-state index contributed by atoms with van der Waals surface area (Å²) in [7, 11) is 2.99. The number of pyridine rings is 2. The second kappa shape index (κ2) is 8.00. The van der Waals surface area contributed by atoms with Gasteiger partial charge in [-0.15, -0.1) is 0 Å². The molecule has 0 bridgehead atoms. The van der Waals surface area contributed by atoms with Gasteiger partial charge in [-0.3, -0.25) is 4.98 Å². The summed E-state index contributed by atoms with van der Waals surface area (Å²) in [5.74, 6) is -1.17. The summed E-state index contributed by atoms with van der Waals surface area (Å²) in [5.41, 5.74) is 5.76. The third-order valence-electron chi connectivity index (χ3n) is 3.62. The molecule has 0 fully saturated rings. The van der Waals surface area contributed by atoms with Crippen molar-refractivity contribution >= 4 is 16.7 Å². The van der Waals surface area contributed by atoms with Crippen LogP contribution in [0, 0.1) is 11.6 Å². The first-order valence-corrected chi connectivity index (χ1v) is 7.91. The summed E-state index contributed by atoms with van der Waals surface area (Å²) in [6.45, 7) is 0.686. The summed E-state index contributed by atoms with van der Waals surface area (Å²) < 4.78 is 48.9. The van der Waals surface area contributed by atoms with E-state index in [0.717, 1.165) is 12.1 Å². The molecule has 2 N–H and O–H groups in total. The fourth-order valence-electron chi connectivity index (χ4n) is 2.32. The maximum atomic E-state index is 14.0. The van der Waals surface area contributed by atoms with Gasteiger partial charge in [-0.2, -0.15) is 0 Å². The van der Waals surface area contributed by atoms with Crippen LogP contribution in [0.3, 0.4) is 0 Å². The Balaban J connectivity index is 2.00. The Kier molecular flexibility index (Phi) is 5.51. The van der Waals surface area contributed by atoms with Gasteiger partial charge in [0.25, 0.3) is 5.88 Å². The molecule has 0 aliphatic heterocycles. The van der Waals surface area contributed by atoms with Crippen molar-refractivity contribution in [2.24, 2.45) is 0 Å². The van der Waals surface area contributed by atoms with Crippen LogP contribution in [0.2, 0.25) is 0 Å². The van der Waals surface area contributed by atoms with Gasteiger partial charge < -0.3 is 24.7 Å². The molecule has 27 heavy (non-hydrogen) atoms. The zero-order valence-corrected chi connectivity index (χ0v) is 14.7. The smallest absolute Gasteiger partial charge is 0.257 e. The van der Waals surface area contributed by atoms with Crippen molar-refractivity contribution in [3.05, 3.63) is 42.1 Å². The lowest BCUT2D eigenvalue weighted by Crippen LogP contribution is -2.06. The molecule has 0 aliphatic carbocycles. The molecule has 3 aromatic rings.